The van der Waals surface area contributed by atoms with Gasteiger partial charge in [-0.1, -0.05) is 13.0 Å². The van der Waals surface area contributed by atoms with E-state index in [4.69, 9.17) is 0 Å². The van der Waals surface area contributed by atoms with Crippen LogP contribution in [0.5, 0.6) is 0 Å². The third kappa shape index (κ3) is 3.83. The third-order valence-corrected chi connectivity index (χ3v) is 5.50. The summed E-state index contributed by atoms with van der Waals surface area (Å²) >= 11 is 1.40. The Hall–Kier alpha value is -2.54. The van der Waals surface area contributed by atoms with Gasteiger partial charge in [-0.05, 0) is 44.9 Å². The molecule has 0 aliphatic heterocycles. The second kappa shape index (κ2) is 7.78. The van der Waals surface area contributed by atoms with Crippen molar-refractivity contribution in [3.05, 3.63) is 46.4 Å². The number of carbonyl (C=O) groups excluding carboxylic acids is 1. The first-order chi connectivity index (χ1) is 12.5. The fraction of sp³-hybridized carbons (Fsp3) is 0.368. The van der Waals surface area contributed by atoms with E-state index >= 15 is 0 Å². The predicted octanol–water partition coefficient (Wildman–Crippen LogP) is 3.84. The van der Waals surface area contributed by atoms with Gasteiger partial charge in [0.1, 0.15) is 17.0 Å². The number of hydrogen-bond donors (Lipinski definition) is 2. The molecule has 0 aromatic carbocycles. The van der Waals surface area contributed by atoms with E-state index in [2.05, 4.69) is 32.5 Å². The highest BCUT2D eigenvalue weighted by Gasteiger charge is 2.20. The summed E-state index contributed by atoms with van der Waals surface area (Å²) in [5, 5.41) is 7.26. The number of hydrogen-bond acceptors (Lipinski definition) is 6. The molecule has 3 aromatic rings. The van der Waals surface area contributed by atoms with Crippen molar-refractivity contribution in [3.63, 3.8) is 0 Å². The van der Waals surface area contributed by atoms with Crippen LogP contribution >= 0.6 is 11.3 Å². The van der Waals surface area contributed by atoms with Crippen molar-refractivity contribution in [1.82, 2.24) is 20.3 Å². The summed E-state index contributed by atoms with van der Waals surface area (Å²) in [6.45, 7) is 8.54. The molecule has 0 saturated heterocycles. The molecular formula is C19H23N5OS. The van der Waals surface area contributed by atoms with Gasteiger partial charge in [0.2, 0.25) is 0 Å². The number of amides is 1. The zero-order valence-electron chi connectivity index (χ0n) is 15.5. The maximum atomic E-state index is 12.6. The molecule has 6 nitrogen and oxygen atoms in total. The van der Waals surface area contributed by atoms with E-state index < -0.39 is 0 Å². The second-order valence-electron chi connectivity index (χ2n) is 6.37. The molecule has 0 saturated carbocycles. The summed E-state index contributed by atoms with van der Waals surface area (Å²) in [6, 6.07) is 6.08. The highest BCUT2D eigenvalue weighted by Crippen LogP contribution is 2.33. The average Bonchev–Trinajstić information content (AvgIpc) is 2.97. The lowest BCUT2D eigenvalue weighted by atomic mass is 10.2. The zero-order valence-corrected chi connectivity index (χ0v) is 16.3. The van der Waals surface area contributed by atoms with Crippen LogP contribution in [0.2, 0.25) is 0 Å². The Morgan fingerprint density at radius 2 is 2.08 bits per heavy atom. The summed E-state index contributed by atoms with van der Waals surface area (Å²) in [4.78, 5) is 27.3. The van der Waals surface area contributed by atoms with Crippen molar-refractivity contribution in [2.45, 2.75) is 46.7 Å². The molecule has 136 valence electrons. The average molecular weight is 369 g/mol. The summed E-state index contributed by atoms with van der Waals surface area (Å²) in [5.74, 6) is 0.681. The highest BCUT2D eigenvalue weighted by atomic mass is 32.1. The highest BCUT2D eigenvalue weighted by molar-refractivity contribution is 7.20. The number of nitrogens with one attached hydrogen (secondary N) is 2. The summed E-state index contributed by atoms with van der Waals surface area (Å²) < 4.78 is 0. The van der Waals surface area contributed by atoms with E-state index in [9.17, 15) is 4.79 Å². The molecule has 7 heteroatoms. The van der Waals surface area contributed by atoms with Gasteiger partial charge in [0.05, 0.1) is 22.5 Å². The third-order valence-electron chi connectivity index (χ3n) is 4.31. The fourth-order valence-corrected chi connectivity index (χ4v) is 3.74. The molecule has 1 atom stereocenters. The lowest BCUT2D eigenvalue weighted by Crippen LogP contribution is -2.31. The second-order valence-corrected chi connectivity index (χ2v) is 7.36. The van der Waals surface area contributed by atoms with Crippen LogP contribution in [0, 0.1) is 13.8 Å². The van der Waals surface area contributed by atoms with Crippen LogP contribution in [0.3, 0.4) is 0 Å². The van der Waals surface area contributed by atoms with Gasteiger partial charge in [-0.15, -0.1) is 11.3 Å². The maximum Gasteiger partial charge on any atom is 0.261 e. The minimum Gasteiger partial charge on any atom is -0.364 e. The van der Waals surface area contributed by atoms with Crippen molar-refractivity contribution >= 4 is 33.3 Å². The topological polar surface area (TPSA) is 79.8 Å². The lowest BCUT2D eigenvalue weighted by Gasteiger charge is -2.10. The maximum absolute atomic E-state index is 12.6. The van der Waals surface area contributed by atoms with Gasteiger partial charge < -0.3 is 10.6 Å². The first-order valence-corrected chi connectivity index (χ1v) is 9.52. The number of carbonyl (C=O) groups is 1. The number of nitrogens with zero attached hydrogens (tertiary/aromatic N) is 3. The Bertz CT molecular complexity index is 937. The molecule has 0 spiro atoms. The number of rotatable bonds is 6. The molecule has 3 heterocycles. The van der Waals surface area contributed by atoms with E-state index in [1.807, 2.05) is 39.0 Å². The number of aromatic nitrogens is 3. The van der Waals surface area contributed by atoms with Gasteiger partial charge in [-0.2, -0.15) is 0 Å². The van der Waals surface area contributed by atoms with Crippen LogP contribution in [-0.2, 0) is 6.54 Å². The normalized spacial score (nSPS) is 12.2. The van der Waals surface area contributed by atoms with Crippen LogP contribution in [0.25, 0.3) is 10.2 Å². The smallest absolute Gasteiger partial charge is 0.261 e. The fourth-order valence-electron chi connectivity index (χ4n) is 2.69. The number of aryl methyl sites for hydroxylation is 2. The lowest BCUT2D eigenvalue weighted by molar-refractivity contribution is 0.0943. The van der Waals surface area contributed by atoms with Crippen LogP contribution in [-0.4, -0.2) is 26.9 Å². The van der Waals surface area contributed by atoms with Crippen LogP contribution < -0.4 is 10.6 Å². The Labute approximate surface area is 157 Å². The molecule has 0 aliphatic rings. The predicted molar refractivity (Wildman–Crippen MR) is 106 cm³/mol. The van der Waals surface area contributed by atoms with Crippen molar-refractivity contribution in [3.8, 4) is 0 Å². The molecule has 3 rings (SSSR count). The summed E-state index contributed by atoms with van der Waals surface area (Å²) in [5.41, 5.74) is 2.83. The molecule has 0 unspecified atom stereocenters. The minimum atomic E-state index is -0.0499. The van der Waals surface area contributed by atoms with Crippen LogP contribution in [0.15, 0.2) is 24.5 Å². The Morgan fingerprint density at radius 3 is 2.81 bits per heavy atom. The molecule has 26 heavy (non-hydrogen) atoms. The molecule has 0 radical (unpaired) electrons. The number of fused-ring (bicyclic) bond motifs is 1. The molecule has 3 aromatic heterocycles. The molecule has 1 amide bonds. The van der Waals surface area contributed by atoms with Gasteiger partial charge >= 0.3 is 0 Å². The zero-order chi connectivity index (χ0) is 18.7. The molecule has 0 bridgehead atoms. The van der Waals surface area contributed by atoms with E-state index in [1.54, 1.807) is 0 Å². The summed E-state index contributed by atoms with van der Waals surface area (Å²) in [7, 11) is 0. The van der Waals surface area contributed by atoms with Crippen molar-refractivity contribution in [1.29, 1.82) is 0 Å². The van der Waals surface area contributed by atoms with Gasteiger partial charge in [0, 0.05) is 11.7 Å². The quantitative estimate of drug-likeness (QED) is 0.690. The van der Waals surface area contributed by atoms with E-state index in [0.717, 1.165) is 39.4 Å². The SMILES string of the molecule is CC[C@H](C)NC(=O)c1sc2ncnc(NCc3cccc(C)n3)c2c1C. The van der Waals surface area contributed by atoms with Gasteiger partial charge in [-0.3, -0.25) is 9.78 Å². The van der Waals surface area contributed by atoms with Crippen LogP contribution in [0.1, 0.15) is 46.9 Å². The Morgan fingerprint density at radius 1 is 1.27 bits per heavy atom. The monoisotopic (exact) mass is 369 g/mol. The molecule has 2 N–H and O–H groups in total. The van der Waals surface area contributed by atoms with Crippen LogP contribution in [0.4, 0.5) is 5.82 Å². The van der Waals surface area contributed by atoms with E-state index in [0.29, 0.717) is 11.4 Å². The van der Waals surface area contributed by atoms with Gasteiger partial charge in [0.15, 0.2) is 0 Å². The first kappa shape index (κ1) is 18.3. The largest absolute Gasteiger partial charge is 0.364 e. The number of thiophene rings is 1. The Balaban J connectivity index is 1.88. The molecule has 0 fully saturated rings. The van der Waals surface area contributed by atoms with E-state index in [1.165, 1.54) is 17.7 Å². The number of anilines is 1. The molecular weight excluding hydrogens is 346 g/mol. The van der Waals surface area contributed by atoms with Crippen molar-refractivity contribution in [2.75, 3.05) is 5.32 Å². The van der Waals surface area contributed by atoms with Crippen molar-refractivity contribution < 1.29 is 4.79 Å². The number of pyridine rings is 1. The standard InChI is InChI=1S/C19H23N5OS/c1-5-11(2)24-18(25)16-13(4)15-17(21-10-22-19(15)26-16)20-9-14-8-6-7-12(3)23-14/h6-8,10-11H,5,9H2,1-4H3,(H,24,25)(H,20,21,22)/t11-/m0/s1. The van der Waals surface area contributed by atoms with E-state index in [-0.39, 0.29) is 11.9 Å². The molecule has 0 aliphatic carbocycles. The minimum absolute atomic E-state index is 0.0499. The first-order valence-electron chi connectivity index (χ1n) is 8.71. The van der Waals surface area contributed by atoms with Gasteiger partial charge in [-0.25, -0.2) is 9.97 Å². The van der Waals surface area contributed by atoms with Gasteiger partial charge in [0.25, 0.3) is 5.91 Å². The Kier molecular flexibility index (Phi) is 5.46. The summed E-state index contributed by atoms with van der Waals surface area (Å²) in [6.07, 6.45) is 2.42. The van der Waals surface area contributed by atoms with Crippen molar-refractivity contribution in [2.24, 2.45) is 0 Å².